The lowest BCUT2D eigenvalue weighted by Crippen LogP contribution is -2.51. The van der Waals surface area contributed by atoms with E-state index in [-0.39, 0.29) is 11.9 Å². The van der Waals surface area contributed by atoms with E-state index in [1.165, 1.54) is 32.1 Å². The molecule has 2 fully saturated rings. The zero-order valence-corrected chi connectivity index (χ0v) is 15.9. The molecule has 0 atom stereocenters. The molecule has 1 amide bonds. The zero-order valence-electron chi connectivity index (χ0n) is 15.1. The first-order valence-corrected chi connectivity index (χ1v) is 9.96. The van der Waals surface area contributed by atoms with Crippen molar-refractivity contribution >= 4 is 23.2 Å². The van der Waals surface area contributed by atoms with Crippen molar-refractivity contribution < 1.29 is 4.79 Å². The van der Waals surface area contributed by atoms with Crippen LogP contribution in [0.15, 0.2) is 24.3 Å². The third kappa shape index (κ3) is 4.94. The van der Waals surface area contributed by atoms with Gasteiger partial charge in [-0.25, -0.2) is 0 Å². The Morgan fingerprint density at radius 1 is 1.00 bits per heavy atom. The molecule has 4 nitrogen and oxygen atoms in total. The number of piperidine rings is 1. The number of carbonyl (C=O) groups is 1. The number of likely N-dealkylation sites (tertiary alicyclic amines) is 1. The van der Waals surface area contributed by atoms with Gasteiger partial charge in [0.05, 0.1) is 0 Å². The fraction of sp³-hybridized carbons (Fsp3) is 0.600. The molecule has 2 N–H and O–H groups in total. The van der Waals surface area contributed by atoms with E-state index in [0.717, 1.165) is 42.2 Å². The topological polar surface area (TPSA) is 44.4 Å². The summed E-state index contributed by atoms with van der Waals surface area (Å²) < 4.78 is 0. The van der Waals surface area contributed by atoms with Crippen LogP contribution in [0, 0.1) is 6.92 Å². The van der Waals surface area contributed by atoms with Crippen LogP contribution in [-0.4, -0.2) is 41.1 Å². The lowest BCUT2D eigenvalue weighted by atomic mass is 9.96. The smallest absolute Gasteiger partial charge is 0.251 e. The van der Waals surface area contributed by atoms with Gasteiger partial charge in [0.15, 0.2) is 5.11 Å². The van der Waals surface area contributed by atoms with Gasteiger partial charge < -0.3 is 15.5 Å². The third-order valence-electron chi connectivity index (χ3n) is 5.44. The Morgan fingerprint density at radius 2 is 1.64 bits per heavy atom. The summed E-state index contributed by atoms with van der Waals surface area (Å²) >= 11 is 5.60. The van der Waals surface area contributed by atoms with Crippen molar-refractivity contribution in [3.63, 3.8) is 0 Å². The van der Waals surface area contributed by atoms with E-state index in [1.54, 1.807) is 0 Å². The highest BCUT2D eigenvalue weighted by molar-refractivity contribution is 7.80. The number of rotatable bonds is 3. The van der Waals surface area contributed by atoms with Crippen LogP contribution < -0.4 is 10.6 Å². The largest absolute Gasteiger partial charge is 0.360 e. The summed E-state index contributed by atoms with van der Waals surface area (Å²) in [6.45, 7) is 3.81. The molecule has 0 spiro atoms. The Morgan fingerprint density at radius 3 is 2.32 bits per heavy atom. The number of hydrogen-bond donors (Lipinski definition) is 2. The summed E-state index contributed by atoms with van der Waals surface area (Å²) in [7, 11) is 0. The van der Waals surface area contributed by atoms with Crippen molar-refractivity contribution in [1.82, 2.24) is 15.5 Å². The van der Waals surface area contributed by atoms with Gasteiger partial charge in [-0.15, -0.1) is 0 Å². The van der Waals surface area contributed by atoms with Crippen molar-refractivity contribution in [3.05, 3.63) is 35.4 Å². The number of hydrogen-bond acceptors (Lipinski definition) is 2. The second-order valence-corrected chi connectivity index (χ2v) is 7.72. The summed E-state index contributed by atoms with van der Waals surface area (Å²) in [5.74, 6) is 0.0412. The van der Waals surface area contributed by atoms with Gasteiger partial charge in [-0.05, 0) is 56.5 Å². The quantitative estimate of drug-likeness (QED) is 0.812. The van der Waals surface area contributed by atoms with E-state index >= 15 is 0 Å². The van der Waals surface area contributed by atoms with Crippen LogP contribution in [0.25, 0.3) is 0 Å². The molecule has 1 aromatic carbocycles. The van der Waals surface area contributed by atoms with Crippen LogP contribution in [0.2, 0.25) is 0 Å². The maximum absolute atomic E-state index is 12.4. The molecular formula is C20H29N3OS. The Bertz CT molecular complexity index is 605. The minimum atomic E-state index is 0.0412. The second kappa shape index (κ2) is 8.65. The molecule has 3 rings (SSSR count). The number of nitrogens with one attached hydrogen (secondary N) is 2. The lowest BCUT2D eigenvalue weighted by molar-refractivity contribution is 0.0921. The van der Waals surface area contributed by atoms with Crippen molar-refractivity contribution in [2.75, 3.05) is 13.1 Å². The van der Waals surface area contributed by atoms with E-state index in [4.69, 9.17) is 12.2 Å². The van der Waals surface area contributed by atoms with Gasteiger partial charge >= 0.3 is 0 Å². The molecule has 136 valence electrons. The highest BCUT2D eigenvalue weighted by atomic mass is 32.1. The number of aryl methyl sites for hydroxylation is 1. The van der Waals surface area contributed by atoms with Gasteiger partial charge in [0.1, 0.15) is 0 Å². The molecule has 1 saturated heterocycles. The first-order valence-electron chi connectivity index (χ1n) is 9.55. The van der Waals surface area contributed by atoms with Crippen molar-refractivity contribution in [2.24, 2.45) is 0 Å². The monoisotopic (exact) mass is 359 g/mol. The summed E-state index contributed by atoms with van der Waals surface area (Å²) in [6.07, 6.45) is 8.36. The maximum atomic E-state index is 12.4. The summed E-state index contributed by atoms with van der Waals surface area (Å²) in [4.78, 5) is 14.7. The van der Waals surface area contributed by atoms with Crippen LogP contribution in [0.4, 0.5) is 0 Å². The van der Waals surface area contributed by atoms with Crippen LogP contribution in [0.3, 0.4) is 0 Å². The molecule has 1 saturated carbocycles. The summed E-state index contributed by atoms with van der Waals surface area (Å²) in [5.41, 5.74) is 1.80. The molecule has 0 aromatic heterocycles. The molecule has 0 bridgehead atoms. The molecule has 0 unspecified atom stereocenters. The third-order valence-corrected chi connectivity index (χ3v) is 5.82. The predicted octanol–water partition coefficient (Wildman–Crippen LogP) is 3.40. The summed E-state index contributed by atoms with van der Waals surface area (Å²) in [5, 5.41) is 7.63. The normalized spacial score (nSPS) is 19.5. The Balaban J connectivity index is 1.44. The number of benzene rings is 1. The molecule has 2 aliphatic rings. The van der Waals surface area contributed by atoms with E-state index in [1.807, 2.05) is 31.2 Å². The minimum Gasteiger partial charge on any atom is -0.360 e. The minimum absolute atomic E-state index is 0.0412. The Labute approximate surface area is 156 Å². The highest BCUT2D eigenvalue weighted by Gasteiger charge is 2.24. The number of nitrogens with zero attached hydrogens (tertiary/aromatic N) is 1. The van der Waals surface area contributed by atoms with Gasteiger partial charge in [-0.1, -0.05) is 37.5 Å². The van der Waals surface area contributed by atoms with E-state index in [0.29, 0.717) is 6.04 Å². The highest BCUT2D eigenvalue weighted by Crippen LogP contribution is 2.18. The molecular weight excluding hydrogens is 330 g/mol. The Kier molecular flexibility index (Phi) is 6.29. The average molecular weight is 360 g/mol. The molecule has 1 heterocycles. The molecule has 1 aromatic rings. The summed E-state index contributed by atoms with van der Waals surface area (Å²) in [6, 6.07) is 8.54. The maximum Gasteiger partial charge on any atom is 0.251 e. The molecule has 5 heteroatoms. The molecule has 1 aliphatic carbocycles. The van der Waals surface area contributed by atoms with Crippen LogP contribution in [0.1, 0.15) is 60.9 Å². The molecule has 25 heavy (non-hydrogen) atoms. The number of thiocarbonyl (C=S) groups is 1. The van der Waals surface area contributed by atoms with E-state index < -0.39 is 0 Å². The van der Waals surface area contributed by atoms with Crippen LogP contribution >= 0.6 is 12.2 Å². The van der Waals surface area contributed by atoms with Gasteiger partial charge in [0, 0.05) is 30.7 Å². The van der Waals surface area contributed by atoms with Crippen molar-refractivity contribution in [2.45, 2.75) is 64.0 Å². The van der Waals surface area contributed by atoms with Crippen LogP contribution in [-0.2, 0) is 0 Å². The van der Waals surface area contributed by atoms with Gasteiger partial charge in [0.2, 0.25) is 0 Å². The Hall–Kier alpha value is -1.62. The van der Waals surface area contributed by atoms with Gasteiger partial charge in [-0.3, -0.25) is 4.79 Å². The SMILES string of the molecule is Cc1ccccc1C(=O)NC1CCN(C(=S)NC2CCCCC2)CC1. The van der Waals surface area contributed by atoms with Gasteiger partial charge in [-0.2, -0.15) is 0 Å². The van der Waals surface area contributed by atoms with Crippen molar-refractivity contribution in [1.29, 1.82) is 0 Å². The zero-order chi connectivity index (χ0) is 17.6. The fourth-order valence-corrected chi connectivity index (χ4v) is 4.18. The standard InChI is InChI=1S/C20H29N3OS/c1-15-7-5-6-10-18(15)19(24)21-17-11-13-23(14-12-17)20(25)22-16-8-3-2-4-9-16/h5-7,10,16-17H,2-4,8-9,11-14H2,1H3,(H,21,24)(H,22,25). The van der Waals surface area contributed by atoms with E-state index in [9.17, 15) is 4.79 Å². The fourth-order valence-electron chi connectivity index (χ4n) is 3.83. The lowest BCUT2D eigenvalue weighted by Gasteiger charge is -2.36. The first kappa shape index (κ1) is 18.2. The molecule has 1 aliphatic heterocycles. The van der Waals surface area contributed by atoms with Gasteiger partial charge in [0.25, 0.3) is 5.91 Å². The second-order valence-electron chi connectivity index (χ2n) is 7.33. The van der Waals surface area contributed by atoms with E-state index in [2.05, 4.69) is 15.5 Å². The first-order chi connectivity index (χ1) is 12.1. The molecule has 0 radical (unpaired) electrons. The van der Waals surface area contributed by atoms with Crippen molar-refractivity contribution in [3.8, 4) is 0 Å². The number of carbonyl (C=O) groups excluding carboxylic acids is 1. The number of amides is 1. The predicted molar refractivity (Wildman–Crippen MR) is 106 cm³/mol. The average Bonchev–Trinajstić information content (AvgIpc) is 2.63. The van der Waals surface area contributed by atoms with Crippen LogP contribution in [0.5, 0.6) is 0 Å².